The number of anilines is 2. The third-order valence-corrected chi connectivity index (χ3v) is 15.0. The Morgan fingerprint density at radius 1 is 0.425 bits per heavy atom. The first-order chi connectivity index (χ1) is 42.1. The van der Waals surface area contributed by atoms with Crippen LogP contribution in [0, 0.1) is 22.7 Å². The van der Waals surface area contributed by atoms with Crippen LogP contribution >= 0.6 is 0 Å². The zero-order valence-electron chi connectivity index (χ0n) is 49.8. The summed E-state index contributed by atoms with van der Waals surface area (Å²) in [5.74, 6) is 0.575. The monoisotopic (exact) mass is 1150 g/mol. The molecule has 0 saturated heterocycles. The van der Waals surface area contributed by atoms with Gasteiger partial charge in [-0.05, 0) is 104 Å². The maximum absolute atomic E-state index is 13.7. The summed E-state index contributed by atoms with van der Waals surface area (Å²) in [5.41, 5.74) is 11.3. The fraction of sp³-hybridized carbons (Fsp3) is 0.147. The van der Waals surface area contributed by atoms with Gasteiger partial charge in [0.1, 0.15) is 57.8 Å². The summed E-state index contributed by atoms with van der Waals surface area (Å²) in [5, 5.41) is 20.6. The highest BCUT2D eigenvalue weighted by atomic mass is 16.5. The lowest BCUT2D eigenvalue weighted by molar-refractivity contribution is -0.130. The van der Waals surface area contributed by atoms with Crippen LogP contribution in [0.25, 0.3) is 36.5 Å². The molecule has 0 radical (unpaired) electrons. The third kappa shape index (κ3) is 15.4. The standard InChI is InChI=1S/C75H68N4O8/c1-11-51-15-23-55(24-16-51)47-78(48-56-25-17-52(12-2)18-26-56)67-43-69(82-7)59(41-71(67)84-9)39-61(45-76)73(80)86-65-35-31-63(32-36-65)75(5,6)64-33-37-66(38-34-64)87-74(81)62(46-77)40-60-42-72(85-10)68(44-70(60)83-8)79(49-57-27-19-53(13-3)20-28-57)50-58-29-21-54(14-4)22-30-58/h11-44H,1-4,47-50H2,5-10H3/b61-39+,62-40+. The molecule has 12 nitrogen and oxygen atoms in total. The number of esters is 2. The number of ether oxygens (including phenoxy) is 6. The van der Waals surface area contributed by atoms with Crippen molar-refractivity contribution in [3.05, 3.63) is 274 Å². The highest BCUT2D eigenvalue weighted by molar-refractivity contribution is 6.00. The van der Waals surface area contributed by atoms with E-state index in [0.29, 0.717) is 60.3 Å². The molecule has 0 aliphatic rings. The molecule has 0 unspecified atom stereocenters. The molecule has 0 N–H and O–H groups in total. The fourth-order valence-electron chi connectivity index (χ4n) is 9.86. The molecule has 12 heteroatoms. The van der Waals surface area contributed by atoms with Gasteiger partial charge in [-0.1, -0.05) is 186 Å². The molecule has 0 aromatic heterocycles. The quantitative estimate of drug-likeness (QED) is 0.0220. The molecule has 0 spiro atoms. The lowest BCUT2D eigenvalue weighted by atomic mass is 9.78. The summed E-state index contributed by atoms with van der Waals surface area (Å²) in [6, 6.07) is 57.8. The van der Waals surface area contributed by atoms with E-state index in [9.17, 15) is 20.1 Å². The molecule has 0 fully saturated rings. The number of methoxy groups -OCH3 is 4. The molecule has 87 heavy (non-hydrogen) atoms. The maximum Gasteiger partial charge on any atom is 0.354 e. The number of hydrogen-bond donors (Lipinski definition) is 0. The SMILES string of the molecule is C=Cc1ccc(CN(Cc2ccc(C=C)cc2)c2cc(OC)c(/C=C(\C#N)C(=O)Oc3ccc(C(C)(C)c4ccc(OC(=O)/C(C#N)=C/c5cc(OC)c(N(Cc6ccc(C=C)cc6)Cc6ccc(C=C)cc6)cc5OC)cc4)cc3)cc2OC)cc1. The van der Waals surface area contributed by atoms with Gasteiger partial charge < -0.3 is 38.2 Å². The Morgan fingerprint density at radius 2 is 0.701 bits per heavy atom. The van der Waals surface area contributed by atoms with Gasteiger partial charge in [-0.15, -0.1) is 0 Å². The van der Waals surface area contributed by atoms with Crippen molar-refractivity contribution < 1.29 is 38.0 Å². The van der Waals surface area contributed by atoms with Crippen LogP contribution in [-0.2, 0) is 41.2 Å². The van der Waals surface area contributed by atoms with Crippen molar-refractivity contribution in [1.82, 2.24) is 0 Å². The molecule has 0 amide bonds. The summed E-state index contributed by atoms with van der Waals surface area (Å²) >= 11 is 0. The van der Waals surface area contributed by atoms with Gasteiger partial charge in [0.05, 0.1) is 39.8 Å². The number of carbonyl (C=O) groups excluding carboxylic acids is 2. The van der Waals surface area contributed by atoms with Gasteiger partial charge >= 0.3 is 11.9 Å². The highest BCUT2D eigenvalue weighted by Crippen LogP contribution is 2.41. The van der Waals surface area contributed by atoms with E-state index < -0.39 is 17.4 Å². The lowest BCUT2D eigenvalue weighted by Crippen LogP contribution is -2.23. The van der Waals surface area contributed by atoms with E-state index in [1.54, 1.807) is 74.9 Å². The van der Waals surface area contributed by atoms with E-state index in [-0.39, 0.29) is 22.6 Å². The van der Waals surface area contributed by atoms with Gasteiger partial charge in [0, 0.05) is 54.9 Å². The molecule has 0 saturated carbocycles. The van der Waals surface area contributed by atoms with E-state index in [0.717, 1.165) is 67.0 Å². The van der Waals surface area contributed by atoms with Gasteiger partial charge in [0.25, 0.3) is 0 Å². The van der Waals surface area contributed by atoms with Crippen molar-refractivity contribution in [2.24, 2.45) is 0 Å². The molecular formula is C75H68N4O8. The highest BCUT2D eigenvalue weighted by Gasteiger charge is 2.26. The first kappa shape index (κ1) is 62.0. The predicted molar refractivity (Wildman–Crippen MR) is 348 cm³/mol. The third-order valence-electron chi connectivity index (χ3n) is 15.0. The number of rotatable bonds is 26. The molecule has 0 atom stereocenters. The Morgan fingerprint density at radius 3 is 0.943 bits per heavy atom. The van der Waals surface area contributed by atoms with E-state index in [1.807, 2.05) is 111 Å². The maximum atomic E-state index is 13.7. The van der Waals surface area contributed by atoms with Crippen molar-refractivity contribution in [3.8, 4) is 46.6 Å². The van der Waals surface area contributed by atoms with Crippen LogP contribution in [-0.4, -0.2) is 40.4 Å². The largest absolute Gasteiger partial charge is 0.496 e. The number of nitriles is 2. The second-order valence-electron chi connectivity index (χ2n) is 20.8. The molecule has 8 rings (SSSR count). The smallest absolute Gasteiger partial charge is 0.354 e. The summed E-state index contributed by atoms with van der Waals surface area (Å²) in [7, 11) is 6.20. The van der Waals surface area contributed by atoms with Gasteiger partial charge in [-0.3, -0.25) is 0 Å². The van der Waals surface area contributed by atoms with Crippen LogP contribution in [0.4, 0.5) is 11.4 Å². The van der Waals surface area contributed by atoms with Crippen LogP contribution in [0.5, 0.6) is 34.5 Å². The van der Waals surface area contributed by atoms with Crippen LogP contribution in [0.3, 0.4) is 0 Å². The van der Waals surface area contributed by atoms with E-state index in [1.165, 1.54) is 26.4 Å². The minimum absolute atomic E-state index is 0.229. The Bertz CT molecular complexity index is 3580. The fourth-order valence-corrected chi connectivity index (χ4v) is 9.86. The van der Waals surface area contributed by atoms with E-state index >= 15 is 0 Å². The van der Waals surface area contributed by atoms with Crippen LogP contribution < -0.4 is 38.2 Å². The first-order valence-electron chi connectivity index (χ1n) is 27.9. The second-order valence-corrected chi connectivity index (χ2v) is 20.8. The molecule has 8 aromatic carbocycles. The number of carbonyl (C=O) groups is 2. The lowest BCUT2D eigenvalue weighted by Gasteiger charge is -2.28. The molecule has 0 bridgehead atoms. The summed E-state index contributed by atoms with van der Waals surface area (Å²) in [4.78, 5) is 31.7. The zero-order chi connectivity index (χ0) is 62.0. The topological polar surface area (TPSA) is 144 Å². The van der Waals surface area contributed by atoms with Crippen LogP contribution in [0.1, 0.15) is 80.6 Å². The minimum Gasteiger partial charge on any atom is -0.496 e. The van der Waals surface area contributed by atoms with Gasteiger partial charge in [0.2, 0.25) is 0 Å². The molecule has 8 aromatic rings. The van der Waals surface area contributed by atoms with Gasteiger partial charge in [-0.2, -0.15) is 10.5 Å². The summed E-state index contributed by atoms with van der Waals surface area (Å²) < 4.78 is 35.2. The van der Waals surface area contributed by atoms with Crippen molar-refractivity contribution in [3.63, 3.8) is 0 Å². The van der Waals surface area contributed by atoms with Gasteiger partial charge in [-0.25, -0.2) is 9.59 Å². The van der Waals surface area contributed by atoms with Crippen molar-refractivity contribution >= 4 is 59.8 Å². The van der Waals surface area contributed by atoms with Crippen molar-refractivity contribution in [2.75, 3.05) is 38.2 Å². The van der Waals surface area contributed by atoms with E-state index in [4.69, 9.17) is 28.4 Å². The minimum atomic E-state index is -0.856. The number of hydrogen-bond acceptors (Lipinski definition) is 12. The summed E-state index contributed by atoms with van der Waals surface area (Å²) in [6.07, 6.45) is 10.1. The second kappa shape index (κ2) is 28.9. The summed E-state index contributed by atoms with van der Waals surface area (Å²) in [6.45, 7) is 21.7. The number of nitrogens with zero attached hydrogens (tertiary/aromatic N) is 4. The van der Waals surface area contributed by atoms with Crippen LogP contribution in [0.15, 0.2) is 207 Å². The average molecular weight is 1150 g/mol. The number of benzene rings is 8. The van der Waals surface area contributed by atoms with E-state index in [2.05, 4.69) is 84.6 Å². The Kier molecular flexibility index (Phi) is 20.6. The van der Waals surface area contributed by atoms with Crippen molar-refractivity contribution in [1.29, 1.82) is 10.5 Å². The molecule has 0 aliphatic heterocycles. The molecule has 0 aliphatic carbocycles. The van der Waals surface area contributed by atoms with Gasteiger partial charge in [0.15, 0.2) is 0 Å². The Labute approximate surface area is 510 Å². The Balaban J connectivity index is 0.953. The first-order valence-corrected chi connectivity index (χ1v) is 27.9. The molecule has 0 heterocycles. The van der Waals surface area contributed by atoms with Crippen LogP contribution in [0.2, 0.25) is 0 Å². The zero-order valence-corrected chi connectivity index (χ0v) is 49.8. The van der Waals surface area contributed by atoms with Crippen molar-refractivity contribution in [2.45, 2.75) is 45.4 Å². The predicted octanol–water partition coefficient (Wildman–Crippen LogP) is 16.1. The molecule has 436 valence electrons. The molecular weight excluding hydrogens is 1080 g/mol. The average Bonchev–Trinajstić information content (AvgIpc) is 3.31. The Hall–Kier alpha value is -11.1. The normalized spacial score (nSPS) is 11.2.